The highest BCUT2D eigenvalue weighted by Crippen LogP contribution is 2.35. The van der Waals surface area contributed by atoms with E-state index in [2.05, 4.69) is 36.1 Å². The van der Waals surface area contributed by atoms with Crippen molar-refractivity contribution in [2.75, 3.05) is 25.4 Å². The fraction of sp³-hybridized carbons (Fsp3) is 0.458. The summed E-state index contributed by atoms with van der Waals surface area (Å²) in [7, 11) is 0. The van der Waals surface area contributed by atoms with Crippen LogP contribution < -0.4 is 0 Å². The van der Waals surface area contributed by atoms with E-state index in [4.69, 9.17) is 4.98 Å². The first kappa shape index (κ1) is 20.8. The van der Waals surface area contributed by atoms with Gasteiger partial charge in [0.2, 0.25) is 0 Å². The Balaban J connectivity index is 1.44. The van der Waals surface area contributed by atoms with E-state index in [1.807, 2.05) is 23.9 Å². The van der Waals surface area contributed by atoms with Crippen molar-refractivity contribution in [2.24, 2.45) is 5.92 Å². The van der Waals surface area contributed by atoms with Gasteiger partial charge >= 0.3 is 0 Å². The monoisotopic (exact) mass is 428 g/mol. The number of halogens is 1. The predicted molar refractivity (Wildman–Crippen MR) is 124 cm³/mol. The van der Waals surface area contributed by atoms with E-state index in [0.29, 0.717) is 11.8 Å². The summed E-state index contributed by atoms with van der Waals surface area (Å²) < 4.78 is 15.8. The molecule has 1 aliphatic heterocycles. The first-order chi connectivity index (χ1) is 14.2. The van der Waals surface area contributed by atoms with E-state index in [9.17, 15) is 4.39 Å². The number of piperidine rings is 1. The summed E-state index contributed by atoms with van der Waals surface area (Å²) in [5, 5.41) is 0. The Morgan fingerprint density at radius 1 is 1.07 bits per heavy atom. The van der Waals surface area contributed by atoms with Gasteiger partial charge in [0.15, 0.2) is 4.34 Å². The molecular weight excluding hydrogens is 399 g/mol. The number of hydrogen-bond donors (Lipinski definition) is 0. The zero-order valence-electron chi connectivity index (χ0n) is 17.0. The van der Waals surface area contributed by atoms with Gasteiger partial charge in [-0.25, -0.2) is 9.37 Å². The molecule has 1 saturated heterocycles. The number of likely N-dealkylation sites (tertiary alicyclic amines) is 1. The lowest BCUT2D eigenvalue weighted by molar-refractivity contribution is 0.211. The number of thioether (sulfide) groups is 1. The van der Waals surface area contributed by atoms with E-state index in [-0.39, 0.29) is 5.82 Å². The van der Waals surface area contributed by atoms with Crippen LogP contribution >= 0.6 is 23.1 Å². The van der Waals surface area contributed by atoms with Gasteiger partial charge < -0.3 is 4.90 Å². The molecule has 0 aliphatic carbocycles. The van der Waals surface area contributed by atoms with E-state index in [0.717, 1.165) is 22.2 Å². The summed E-state index contributed by atoms with van der Waals surface area (Å²) in [6.07, 6.45) is 5.22. The molecule has 0 bridgehead atoms. The summed E-state index contributed by atoms with van der Waals surface area (Å²) in [5.74, 6) is 1.84. The van der Waals surface area contributed by atoms with Gasteiger partial charge in [0.1, 0.15) is 5.82 Å². The molecule has 0 spiro atoms. The molecule has 4 rings (SSSR count). The maximum atomic E-state index is 13.4. The predicted octanol–water partition coefficient (Wildman–Crippen LogP) is 6.82. The number of hydrogen-bond acceptors (Lipinski definition) is 4. The Kier molecular flexibility index (Phi) is 7.22. The first-order valence-electron chi connectivity index (χ1n) is 10.7. The van der Waals surface area contributed by atoms with Crippen LogP contribution in [-0.2, 0) is 0 Å². The lowest BCUT2D eigenvalue weighted by Crippen LogP contribution is -2.32. The minimum atomic E-state index is -0.158. The SMILES string of the molecule is CC(c1ccc(F)cc1)C(CCN1CCCCC1)CSc1nc2ccccc2s1. The highest BCUT2D eigenvalue weighted by atomic mass is 32.2. The van der Waals surface area contributed by atoms with Crippen molar-refractivity contribution in [3.63, 3.8) is 0 Å². The van der Waals surface area contributed by atoms with Crippen molar-refractivity contribution in [3.8, 4) is 0 Å². The molecule has 2 atom stereocenters. The summed E-state index contributed by atoms with van der Waals surface area (Å²) in [4.78, 5) is 7.42. The number of para-hydroxylation sites is 1. The Labute approximate surface area is 181 Å². The maximum Gasteiger partial charge on any atom is 0.151 e. The van der Waals surface area contributed by atoms with Gasteiger partial charge in [-0.05, 0) is 80.6 Å². The molecule has 1 fully saturated rings. The summed E-state index contributed by atoms with van der Waals surface area (Å²) >= 11 is 3.67. The fourth-order valence-electron chi connectivity index (χ4n) is 4.14. The molecular formula is C24H29FN2S2. The van der Waals surface area contributed by atoms with Crippen LogP contribution in [0.2, 0.25) is 0 Å². The molecule has 29 heavy (non-hydrogen) atoms. The highest BCUT2D eigenvalue weighted by Gasteiger charge is 2.22. The molecule has 5 heteroatoms. The molecule has 1 aromatic heterocycles. The van der Waals surface area contributed by atoms with Gasteiger partial charge in [0.05, 0.1) is 10.2 Å². The van der Waals surface area contributed by atoms with Crippen LogP contribution in [-0.4, -0.2) is 35.3 Å². The normalized spacial score (nSPS) is 17.4. The number of rotatable bonds is 8. The number of thiazole rings is 1. The largest absolute Gasteiger partial charge is 0.303 e. The topological polar surface area (TPSA) is 16.1 Å². The van der Waals surface area contributed by atoms with Crippen LogP contribution in [0.15, 0.2) is 52.9 Å². The van der Waals surface area contributed by atoms with E-state index < -0.39 is 0 Å². The van der Waals surface area contributed by atoms with Crippen LogP contribution in [0, 0.1) is 11.7 Å². The second-order valence-electron chi connectivity index (χ2n) is 8.05. The molecule has 0 radical (unpaired) electrons. The van der Waals surface area contributed by atoms with Crippen LogP contribution in [0.1, 0.15) is 44.1 Å². The van der Waals surface area contributed by atoms with E-state index in [1.165, 1.54) is 49.0 Å². The average molecular weight is 429 g/mol. The van der Waals surface area contributed by atoms with Crippen LogP contribution in [0.4, 0.5) is 4.39 Å². The minimum absolute atomic E-state index is 0.158. The zero-order valence-corrected chi connectivity index (χ0v) is 18.7. The smallest absolute Gasteiger partial charge is 0.151 e. The van der Waals surface area contributed by atoms with Crippen molar-refractivity contribution in [2.45, 2.75) is 42.9 Å². The third-order valence-corrected chi connectivity index (χ3v) is 8.43. The number of benzene rings is 2. The zero-order chi connectivity index (χ0) is 20.1. The van der Waals surface area contributed by atoms with Crippen molar-refractivity contribution in [1.82, 2.24) is 9.88 Å². The van der Waals surface area contributed by atoms with Crippen molar-refractivity contribution < 1.29 is 4.39 Å². The molecule has 154 valence electrons. The molecule has 0 amide bonds. The Morgan fingerprint density at radius 2 is 1.83 bits per heavy atom. The second-order valence-corrected chi connectivity index (χ2v) is 10.3. The lowest BCUT2D eigenvalue weighted by Gasteiger charge is -2.30. The molecule has 1 aliphatic rings. The highest BCUT2D eigenvalue weighted by molar-refractivity contribution is 8.01. The fourth-order valence-corrected chi connectivity index (χ4v) is 6.52. The van der Waals surface area contributed by atoms with Gasteiger partial charge in [0.25, 0.3) is 0 Å². The summed E-state index contributed by atoms with van der Waals surface area (Å²) in [6, 6.07) is 15.5. The second kappa shape index (κ2) is 10.1. The van der Waals surface area contributed by atoms with Crippen LogP contribution in [0.25, 0.3) is 10.2 Å². The van der Waals surface area contributed by atoms with Crippen molar-refractivity contribution >= 4 is 33.3 Å². The van der Waals surface area contributed by atoms with Crippen molar-refractivity contribution in [3.05, 3.63) is 59.9 Å². The third kappa shape index (κ3) is 5.59. The van der Waals surface area contributed by atoms with Crippen molar-refractivity contribution in [1.29, 1.82) is 0 Å². The lowest BCUT2D eigenvalue weighted by atomic mass is 9.86. The van der Waals surface area contributed by atoms with Gasteiger partial charge in [0, 0.05) is 5.75 Å². The standard InChI is InChI=1S/C24H29FN2S2/c1-18(19-9-11-21(25)12-10-19)20(13-16-27-14-5-2-6-15-27)17-28-24-26-22-7-3-4-8-23(22)29-24/h3-4,7-12,18,20H,2,5-6,13-17H2,1H3. The molecule has 2 unspecified atom stereocenters. The van der Waals surface area contributed by atoms with Crippen LogP contribution in [0.5, 0.6) is 0 Å². The third-order valence-electron chi connectivity index (χ3n) is 6.06. The van der Waals surface area contributed by atoms with Gasteiger partial charge in [-0.2, -0.15) is 0 Å². The minimum Gasteiger partial charge on any atom is -0.303 e. The Hall–Kier alpha value is -1.43. The summed E-state index contributed by atoms with van der Waals surface area (Å²) in [5.41, 5.74) is 2.33. The molecule has 2 heterocycles. The van der Waals surface area contributed by atoms with Gasteiger partial charge in [-0.1, -0.05) is 49.4 Å². The molecule has 3 aromatic rings. The van der Waals surface area contributed by atoms with E-state index in [1.54, 1.807) is 23.5 Å². The Bertz CT molecular complexity index is 870. The quantitative estimate of drug-likeness (QED) is 0.366. The number of aromatic nitrogens is 1. The Morgan fingerprint density at radius 3 is 2.59 bits per heavy atom. The maximum absolute atomic E-state index is 13.4. The molecule has 2 nitrogen and oxygen atoms in total. The number of nitrogens with zero attached hydrogens (tertiary/aromatic N) is 2. The molecule has 0 saturated carbocycles. The van der Waals surface area contributed by atoms with Gasteiger partial charge in [-0.15, -0.1) is 11.3 Å². The average Bonchev–Trinajstić information content (AvgIpc) is 3.17. The summed E-state index contributed by atoms with van der Waals surface area (Å²) in [6.45, 7) is 5.94. The van der Waals surface area contributed by atoms with Gasteiger partial charge in [-0.3, -0.25) is 0 Å². The van der Waals surface area contributed by atoms with Crippen LogP contribution in [0.3, 0.4) is 0 Å². The van der Waals surface area contributed by atoms with E-state index >= 15 is 0 Å². The molecule has 2 aromatic carbocycles. The molecule has 0 N–H and O–H groups in total. The first-order valence-corrected chi connectivity index (χ1v) is 12.5. The number of fused-ring (bicyclic) bond motifs is 1.